The molecule has 1 aliphatic rings. The van der Waals surface area contributed by atoms with E-state index in [1.807, 2.05) is 0 Å². The van der Waals surface area contributed by atoms with Crippen molar-refractivity contribution in [2.45, 2.75) is 39.7 Å². The molecule has 0 unspecified atom stereocenters. The van der Waals surface area contributed by atoms with Crippen molar-refractivity contribution in [1.29, 1.82) is 0 Å². The molecule has 0 amide bonds. The smallest absolute Gasteiger partial charge is 0.191 e. The Morgan fingerprint density at radius 2 is 1.87 bits per heavy atom. The third kappa shape index (κ3) is 6.61. The summed E-state index contributed by atoms with van der Waals surface area (Å²) in [6.45, 7) is 9.34. The van der Waals surface area contributed by atoms with Gasteiger partial charge >= 0.3 is 0 Å². The van der Waals surface area contributed by atoms with E-state index in [1.165, 1.54) is 43.5 Å². The SMILES string of the molecule is CCNC(=NCc1ccc(C)cc1)NCCC1CCN(C)CC1. The molecule has 0 bridgehead atoms. The minimum atomic E-state index is 0.726. The topological polar surface area (TPSA) is 39.7 Å². The summed E-state index contributed by atoms with van der Waals surface area (Å²) < 4.78 is 0. The predicted octanol–water partition coefficient (Wildman–Crippen LogP) is 2.78. The van der Waals surface area contributed by atoms with E-state index >= 15 is 0 Å². The van der Waals surface area contributed by atoms with Gasteiger partial charge in [-0.1, -0.05) is 29.8 Å². The van der Waals surface area contributed by atoms with Gasteiger partial charge in [0.05, 0.1) is 6.54 Å². The number of nitrogens with one attached hydrogen (secondary N) is 2. The van der Waals surface area contributed by atoms with Crippen LogP contribution in [0.5, 0.6) is 0 Å². The van der Waals surface area contributed by atoms with Crippen LogP contribution in [0.25, 0.3) is 0 Å². The maximum Gasteiger partial charge on any atom is 0.191 e. The van der Waals surface area contributed by atoms with Crippen LogP contribution in [0.1, 0.15) is 37.3 Å². The van der Waals surface area contributed by atoms with Crippen molar-refractivity contribution in [3.63, 3.8) is 0 Å². The van der Waals surface area contributed by atoms with E-state index in [9.17, 15) is 0 Å². The van der Waals surface area contributed by atoms with Crippen molar-refractivity contribution in [3.05, 3.63) is 35.4 Å². The summed E-state index contributed by atoms with van der Waals surface area (Å²) in [5.74, 6) is 1.79. The number of aliphatic imine (C=N–C) groups is 1. The molecule has 1 aromatic rings. The largest absolute Gasteiger partial charge is 0.357 e. The summed E-state index contributed by atoms with van der Waals surface area (Å²) in [6, 6.07) is 8.60. The van der Waals surface area contributed by atoms with E-state index in [0.717, 1.165) is 31.5 Å². The zero-order valence-electron chi connectivity index (χ0n) is 14.9. The summed E-state index contributed by atoms with van der Waals surface area (Å²) in [5.41, 5.74) is 2.55. The van der Waals surface area contributed by atoms with Gasteiger partial charge in [-0.2, -0.15) is 0 Å². The molecular formula is C19H32N4. The fraction of sp³-hybridized carbons (Fsp3) is 0.632. The highest BCUT2D eigenvalue weighted by Crippen LogP contribution is 2.18. The van der Waals surface area contributed by atoms with Crippen molar-refractivity contribution in [3.8, 4) is 0 Å². The summed E-state index contributed by atoms with van der Waals surface area (Å²) in [6.07, 6.45) is 3.90. The Labute approximate surface area is 141 Å². The van der Waals surface area contributed by atoms with Crippen LogP contribution in [0.2, 0.25) is 0 Å². The van der Waals surface area contributed by atoms with Gasteiger partial charge in [-0.25, -0.2) is 4.99 Å². The van der Waals surface area contributed by atoms with Crippen molar-refractivity contribution in [1.82, 2.24) is 15.5 Å². The first-order chi connectivity index (χ1) is 11.2. The molecule has 0 atom stereocenters. The van der Waals surface area contributed by atoms with E-state index in [1.54, 1.807) is 0 Å². The lowest BCUT2D eigenvalue weighted by molar-refractivity contribution is 0.213. The average Bonchev–Trinajstić information content (AvgIpc) is 2.56. The highest BCUT2D eigenvalue weighted by Gasteiger charge is 2.16. The molecule has 2 rings (SSSR count). The quantitative estimate of drug-likeness (QED) is 0.626. The molecule has 1 heterocycles. The predicted molar refractivity (Wildman–Crippen MR) is 98.8 cm³/mol. The first kappa shape index (κ1) is 17.8. The van der Waals surface area contributed by atoms with Gasteiger partial charge in [0.25, 0.3) is 0 Å². The fourth-order valence-corrected chi connectivity index (χ4v) is 2.95. The van der Waals surface area contributed by atoms with Gasteiger partial charge in [0, 0.05) is 13.1 Å². The standard InChI is InChI=1S/C19H32N4/c1-4-20-19(22-15-18-7-5-16(2)6-8-18)21-12-9-17-10-13-23(3)14-11-17/h5-8,17H,4,9-15H2,1-3H3,(H2,20,21,22). The maximum absolute atomic E-state index is 4.69. The van der Waals surface area contributed by atoms with E-state index in [-0.39, 0.29) is 0 Å². The van der Waals surface area contributed by atoms with E-state index in [2.05, 4.69) is 60.7 Å². The van der Waals surface area contributed by atoms with Crippen LogP contribution >= 0.6 is 0 Å². The molecular weight excluding hydrogens is 284 g/mol. The summed E-state index contributed by atoms with van der Waals surface area (Å²) in [7, 11) is 2.22. The fourth-order valence-electron chi connectivity index (χ4n) is 2.95. The zero-order chi connectivity index (χ0) is 16.5. The van der Waals surface area contributed by atoms with Crippen molar-refractivity contribution in [2.75, 3.05) is 33.2 Å². The van der Waals surface area contributed by atoms with Crippen molar-refractivity contribution >= 4 is 5.96 Å². The van der Waals surface area contributed by atoms with Gasteiger partial charge in [-0.3, -0.25) is 0 Å². The van der Waals surface area contributed by atoms with Crippen LogP contribution in [0.15, 0.2) is 29.3 Å². The summed E-state index contributed by atoms with van der Waals surface area (Å²) >= 11 is 0. The lowest BCUT2D eigenvalue weighted by atomic mass is 9.94. The number of nitrogens with zero attached hydrogens (tertiary/aromatic N) is 2. The third-order valence-electron chi connectivity index (χ3n) is 4.57. The molecule has 4 heteroatoms. The normalized spacial score (nSPS) is 17.3. The Balaban J connectivity index is 1.76. The molecule has 0 aromatic heterocycles. The minimum Gasteiger partial charge on any atom is -0.357 e. The second-order valence-electron chi connectivity index (χ2n) is 6.64. The summed E-state index contributed by atoms with van der Waals surface area (Å²) in [5, 5.41) is 6.83. The van der Waals surface area contributed by atoms with Crippen molar-refractivity contribution in [2.24, 2.45) is 10.9 Å². The second kappa shape index (κ2) is 9.56. The molecule has 0 aliphatic carbocycles. The first-order valence-corrected chi connectivity index (χ1v) is 8.93. The monoisotopic (exact) mass is 316 g/mol. The molecule has 4 nitrogen and oxygen atoms in total. The molecule has 128 valence electrons. The molecule has 1 aromatic carbocycles. The lowest BCUT2D eigenvalue weighted by Crippen LogP contribution is -2.39. The molecule has 1 saturated heterocycles. The number of piperidine rings is 1. The van der Waals surface area contributed by atoms with Crippen LogP contribution in [-0.4, -0.2) is 44.1 Å². The minimum absolute atomic E-state index is 0.726. The molecule has 0 saturated carbocycles. The highest BCUT2D eigenvalue weighted by molar-refractivity contribution is 5.79. The molecule has 0 spiro atoms. The van der Waals surface area contributed by atoms with Gasteiger partial charge in [-0.15, -0.1) is 0 Å². The van der Waals surface area contributed by atoms with Gasteiger partial charge in [-0.05, 0) is 64.7 Å². The number of rotatable bonds is 6. The molecule has 2 N–H and O–H groups in total. The average molecular weight is 316 g/mol. The van der Waals surface area contributed by atoms with Gasteiger partial charge < -0.3 is 15.5 Å². The van der Waals surface area contributed by atoms with Gasteiger partial charge in [0.2, 0.25) is 0 Å². The number of likely N-dealkylation sites (tertiary alicyclic amines) is 1. The van der Waals surface area contributed by atoms with Gasteiger partial charge in [0.15, 0.2) is 5.96 Å². The molecule has 1 aliphatic heterocycles. The number of hydrogen-bond acceptors (Lipinski definition) is 2. The lowest BCUT2D eigenvalue weighted by Gasteiger charge is -2.29. The highest BCUT2D eigenvalue weighted by atomic mass is 15.2. The maximum atomic E-state index is 4.69. The molecule has 1 fully saturated rings. The van der Waals surface area contributed by atoms with Crippen molar-refractivity contribution < 1.29 is 0 Å². The Kier molecular flexibility index (Phi) is 7.40. The van der Waals surface area contributed by atoms with E-state index < -0.39 is 0 Å². The number of benzene rings is 1. The number of hydrogen-bond donors (Lipinski definition) is 2. The van der Waals surface area contributed by atoms with E-state index in [4.69, 9.17) is 4.99 Å². The second-order valence-corrected chi connectivity index (χ2v) is 6.64. The molecule has 23 heavy (non-hydrogen) atoms. The zero-order valence-corrected chi connectivity index (χ0v) is 14.9. The van der Waals surface area contributed by atoms with E-state index in [0.29, 0.717) is 0 Å². The number of aryl methyl sites for hydroxylation is 1. The van der Waals surface area contributed by atoms with Crippen LogP contribution in [0, 0.1) is 12.8 Å². The Hall–Kier alpha value is -1.55. The Morgan fingerprint density at radius 1 is 1.17 bits per heavy atom. The van der Waals surface area contributed by atoms with Crippen LogP contribution in [-0.2, 0) is 6.54 Å². The first-order valence-electron chi connectivity index (χ1n) is 8.93. The Bertz CT molecular complexity index is 473. The van der Waals surface area contributed by atoms with Gasteiger partial charge in [0.1, 0.15) is 0 Å². The number of guanidine groups is 1. The Morgan fingerprint density at radius 3 is 2.52 bits per heavy atom. The van der Waals surface area contributed by atoms with Crippen LogP contribution in [0.4, 0.5) is 0 Å². The van der Waals surface area contributed by atoms with Crippen LogP contribution < -0.4 is 10.6 Å². The van der Waals surface area contributed by atoms with Crippen LogP contribution in [0.3, 0.4) is 0 Å². The third-order valence-corrected chi connectivity index (χ3v) is 4.57. The summed E-state index contributed by atoms with van der Waals surface area (Å²) in [4.78, 5) is 7.12. The molecule has 0 radical (unpaired) electrons.